The number of methoxy groups -OCH3 is 2. The number of aromatic nitrogens is 2. The number of fused-ring (bicyclic) bond motifs is 1. The number of rotatable bonds is 8. The maximum atomic E-state index is 14.1. The van der Waals surface area contributed by atoms with E-state index in [0.717, 1.165) is 18.2 Å². The molecule has 0 saturated carbocycles. The number of anilines is 1. The highest BCUT2D eigenvalue weighted by molar-refractivity contribution is 6.05. The van der Waals surface area contributed by atoms with E-state index in [1.807, 2.05) is 0 Å². The number of imidazole rings is 1. The van der Waals surface area contributed by atoms with Crippen molar-refractivity contribution in [2.24, 2.45) is 5.73 Å². The zero-order valence-corrected chi connectivity index (χ0v) is 18.6. The molecule has 0 radical (unpaired) electrons. The van der Waals surface area contributed by atoms with Gasteiger partial charge in [-0.15, -0.1) is 0 Å². The van der Waals surface area contributed by atoms with Crippen molar-refractivity contribution in [2.75, 3.05) is 26.1 Å². The molecule has 4 rings (SSSR count). The zero-order valence-electron chi connectivity index (χ0n) is 18.6. The summed E-state index contributed by atoms with van der Waals surface area (Å²) in [7, 11) is 2.75. The number of ether oxygens (including phenoxy) is 3. The number of nitrogens with zero attached hydrogens (tertiary/aromatic N) is 1. The molecule has 3 aromatic carbocycles. The lowest BCUT2D eigenvalue weighted by Gasteiger charge is -2.15. The molecule has 4 N–H and O–H groups in total. The lowest BCUT2D eigenvalue weighted by molar-refractivity contribution is -0.120. The number of amides is 2. The Hall–Kier alpha value is -4.67. The molecule has 0 fully saturated rings. The molecular formula is C24H20F2N4O5. The van der Waals surface area contributed by atoms with Gasteiger partial charge >= 0.3 is 0 Å². The van der Waals surface area contributed by atoms with Gasteiger partial charge in [0.05, 0.1) is 30.8 Å². The molecule has 1 aromatic heterocycles. The largest absolute Gasteiger partial charge is 0.493 e. The van der Waals surface area contributed by atoms with Crippen molar-refractivity contribution in [1.29, 1.82) is 0 Å². The fourth-order valence-electron chi connectivity index (χ4n) is 3.39. The molecule has 35 heavy (non-hydrogen) atoms. The molecular weight excluding hydrogens is 462 g/mol. The number of halogens is 2. The van der Waals surface area contributed by atoms with Crippen LogP contribution in [0.4, 0.5) is 14.5 Å². The first kappa shape index (κ1) is 23.5. The summed E-state index contributed by atoms with van der Waals surface area (Å²) in [5, 5.41) is 2.75. The molecule has 0 aliphatic heterocycles. The monoisotopic (exact) mass is 482 g/mol. The first-order valence-electron chi connectivity index (χ1n) is 10.2. The van der Waals surface area contributed by atoms with Crippen LogP contribution in [0.1, 0.15) is 10.4 Å². The quantitative estimate of drug-likeness (QED) is 0.352. The Morgan fingerprint density at radius 1 is 1.03 bits per heavy atom. The second-order valence-electron chi connectivity index (χ2n) is 7.36. The van der Waals surface area contributed by atoms with Crippen LogP contribution in [0.25, 0.3) is 22.4 Å². The number of primary amides is 1. The smallest absolute Gasteiger partial charge is 0.255 e. The molecule has 1 heterocycles. The van der Waals surface area contributed by atoms with Gasteiger partial charge in [-0.2, -0.15) is 0 Å². The molecule has 0 unspecified atom stereocenters. The Labute approximate surface area is 197 Å². The zero-order chi connectivity index (χ0) is 25.1. The highest BCUT2D eigenvalue weighted by Gasteiger charge is 2.19. The van der Waals surface area contributed by atoms with E-state index in [2.05, 4.69) is 15.3 Å². The number of carbonyl (C=O) groups is 2. The van der Waals surface area contributed by atoms with Crippen LogP contribution in [0.2, 0.25) is 0 Å². The van der Waals surface area contributed by atoms with E-state index in [4.69, 9.17) is 19.9 Å². The minimum atomic E-state index is -0.687. The molecule has 2 amide bonds. The summed E-state index contributed by atoms with van der Waals surface area (Å²) in [4.78, 5) is 31.2. The summed E-state index contributed by atoms with van der Waals surface area (Å²) in [6.45, 7) is -0.399. The SMILES string of the molecule is COc1cc(C(=O)Nc2ccc3nc(-c4cc(F)ccc4F)[nH]c3c2)cc(OC)c1OCC(N)=O. The normalized spacial score (nSPS) is 10.7. The van der Waals surface area contributed by atoms with Gasteiger partial charge < -0.3 is 30.2 Å². The molecule has 0 aliphatic rings. The number of benzene rings is 3. The minimum absolute atomic E-state index is 0.00961. The van der Waals surface area contributed by atoms with E-state index in [9.17, 15) is 18.4 Å². The molecule has 9 nitrogen and oxygen atoms in total. The number of aromatic amines is 1. The minimum Gasteiger partial charge on any atom is -0.493 e. The van der Waals surface area contributed by atoms with Crippen molar-refractivity contribution < 1.29 is 32.6 Å². The Kier molecular flexibility index (Phi) is 6.49. The topological polar surface area (TPSA) is 129 Å². The molecule has 180 valence electrons. The lowest BCUT2D eigenvalue weighted by Crippen LogP contribution is -2.20. The van der Waals surface area contributed by atoms with Gasteiger partial charge in [-0.3, -0.25) is 9.59 Å². The summed E-state index contributed by atoms with van der Waals surface area (Å²) in [6, 6.07) is 10.8. The molecule has 4 aromatic rings. The van der Waals surface area contributed by atoms with Gasteiger partial charge in [0.15, 0.2) is 18.1 Å². The van der Waals surface area contributed by atoms with Crippen LogP contribution in [0, 0.1) is 11.6 Å². The van der Waals surface area contributed by atoms with Gasteiger partial charge in [0.2, 0.25) is 5.75 Å². The number of hydrogen-bond donors (Lipinski definition) is 3. The lowest BCUT2D eigenvalue weighted by atomic mass is 10.1. The Bertz CT molecular complexity index is 1410. The predicted octanol–water partition coefficient (Wildman–Crippen LogP) is 3.64. The fourth-order valence-corrected chi connectivity index (χ4v) is 3.39. The average Bonchev–Trinajstić information content (AvgIpc) is 3.26. The number of H-pyrrole nitrogens is 1. The molecule has 0 aliphatic carbocycles. The third-order valence-corrected chi connectivity index (χ3v) is 5.00. The second kappa shape index (κ2) is 9.67. The number of carbonyl (C=O) groups excluding carboxylic acids is 2. The van der Waals surface area contributed by atoms with E-state index >= 15 is 0 Å². The van der Waals surface area contributed by atoms with Crippen LogP contribution in [0.5, 0.6) is 17.2 Å². The van der Waals surface area contributed by atoms with Crippen molar-refractivity contribution in [2.45, 2.75) is 0 Å². The number of nitrogens with two attached hydrogens (primary N) is 1. The van der Waals surface area contributed by atoms with E-state index < -0.39 is 30.1 Å². The summed E-state index contributed by atoms with van der Waals surface area (Å²) >= 11 is 0. The number of hydrogen-bond acceptors (Lipinski definition) is 6. The van der Waals surface area contributed by atoms with Crippen LogP contribution in [0.15, 0.2) is 48.5 Å². The van der Waals surface area contributed by atoms with Crippen LogP contribution in [-0.4, -0.2) is 42.6 Å². The highest BCUT2D eigenvalue weighted by atomic mass is 19.1. The summed E-state index contributed by atoms with van der Waals surface area (Å²) in [5.74, 6) is -1.77. The maximum absolute atomic E-state index is 14.1. The van der Waals surface area contributed by atoms with Crippen molar-refractivity contribution in [3.8, 4) is 28.6 Å². The van der Waals surface area contributed by atoms with Crippen LogP contribution in [-0.2, 0) is 4.79 Å². The molecule has 0 atom stereocenters. The second-order valence-corrected chi connectivity index (χ2v) is 7.36. The predicted molar refractivity (Wildman–Crippen MR) is 124 cm³/mol. The average molecular weight is 482 g/mol. The first-order chi connectivity index (χ1) is 16.8. The van der Waals surface area contributed by atoms with Crippen LogP contribution < -0.4 is 25.3 Å². The molecule has 11 heteroatoms. The highest BCUT2D eigenvalue weighted by Crippen LogP contribution is 2.38. The van der Waals surface area contributed by atoms with Crippen molar-refractivity contribution in [3.05, 3.63) is 65.7 Å². The van der Waals surface area contributed by atoms with Gasteiger partial charge in [-0.05, 0) is 48.5 Å². The van der Waals surface area contributed by atoms with Gasteiger partial charge in [0.25, 0.3) is 11.8 Å². The standard InChI is InChI=1S/C24H20F2N4O5/c1-33-19-7-12(8-20(34-2)22(19)35-11-21(27)31)24(32)28-14-4-6-17-18(10-14)30-23(29-17)15-9-13(25)3-5-16(15)26/h3-10H,11H2,1-2H3,(H2,27,31)(H,28,32)(H,29,30). The van der Waals surface area contributed by atoms with E-state index in [0.29, 0.717) is 16.7 Å². The Morgan fingerprint density at radius 2 is 1.74 bits per heavy atom. The molecule has 0 bridgehead atoms. The van der Waals surface area contributed by atoms with E-state index in [1.165, 1.54) is 26.4 Å². The Balaban J connectivity index is 1.60. The number of nitrogens with one attached hydrogen (secondary N) is 2. The molecule has 0 spiro atoms. The molecule has 0 saturated heterocycles. The van der Waals surface area contributed by atoms with Crippen molar-refractivity contribution in [1.82, 2.24) is 9.97 Å². The van der Waals surface area contributed by atoms with Gasteiger partial charge in [-0.1, -0.05) is 0 Å². The maximum Gasteiger partial charge on any atom is 0.255 e. The Morgan fingerprint density at radius 3 is 2.40 bits per heavy atom. The third-order valence-electron chi connectivity index (χ3n) is 5.00. The van der Waals surface area contributed by atoms with Gasteiger partial charge in [-0.25, -0.2) is 13.8 Å². The van der Waals surface area contributed by atoms with Crippen molar-refractivity contribution in [3.63, 3.8) is 0 Å². The fraction of sp³-hybridized carbons (Fsp3) is 0.125. The third kappa shape index (κ3) is 4.98. The van der Waals surface area contributed by atoms with Crippen LogP contribution >= 0.6 is 0 Å². The first-order valence-corrected chi connectivity index (χ1v) is 10.2. The van der Waals surface area contributed by atoms with E-state index in [-0.39, 0.29) is 34.2 Å². The summed E-state index contributed by atoms with van der Waals surface area (Å²) < 4.78 is 43.6. The van der Waals surface area contributed by atoms with E-state index in [1.54, 1.807) is 18.2 Å². The van der Waals surface area contributed by atoms with Crippen LogP contribution in [0.3, 0.4) is 0 Å². The summed E-state index contributed by atoms with van der Waals surface area (Å²) in [6.07, 6.45) is 0. The van der Waals surface area contributed by atoms with Crippen molar-refractivity contribution >= 4 is 28.5 Å². The van der Waals surface area contributed by atoms with Gasteiger partial charge in [0.1, 0.15) is 17.5 Å². The van der Waals surface area contributed by atoms with Gasteiger partial charge in [0, 0.05) is 11.3 Å². The summed E-state index contributed by atoms with van der Waals surface area (Å²) in [5.41, 5.74) is 6.73.